The third-order valence-electron chi connectivity index (χ3n) is 3.55. The Morgan fingerprint density at radius 3 is 2.59 bits per heavy atom. The molecule has 2 aromatic rings. The second-order valence-corrected chi connectivity index (χ2v) is 6.74. The maximum Gasteiger partial charge on any atom is 0.257 e. The van der Waals surface area contributed by atoms with Crippen molar-refractivity contribution in [2.45, 2.75) is 39.7 Å². The molecule has 0 spiro atoms. The third-order valence-corrected chi connectivity index (χ3v) is 3.76. The van der Waals surface area contributed by atoms with Gasteiger partial charge in [0.15, 0.2) is 5.11 Å². The molecule has 0 unspecified atom stereocenters. The van der Waals surface area contributed by atoms with Crippen LogP contribution in [0.4, 0.5) is 5.69 Å². The molecule has 0 saturated carbocycles. The van der Waals surface area contributed by atoms with Gasteiger partial charge in [0.2, 0.25) is 0 Å². The van der Waals surface area contributed by atoms with Gasteiger partial charge in [0.1, 0.15) is 11.5 Å². The summed E-state index contributed by atoms with van der Waals surface area (Å²) in [6.07, 6.45) is 2.12. The van der Waals surface area contributed by atoms with Gasteiger partial charge < -0.3 is 14.8 Å². The number of ether oxygens (including phenoxy) is 2. The van der Waals surface area contributed by atoms with Gasteiger partial charge in [0, 0.05) is 17.3 Å². The highest BCUT2D eigenvalue weighted by Crippen LogP contribution is 2.18. The fraction of sp³-hybridized carbons (Fsp3) is 0.333. The summed E-state index contributed by atoms with van der Waals surface area (Å²) in [6, 6.07) is 14.5. The Hall–Kier alpha value is -2.60. The molecule has 2 rings (SSSR count). The lowest BCUT2D eigenvalue weighted by molar-refractivity contribution is 0.0977. The molecule has 6 heteroatoms. The van der Waals surface area contributed by atoms with Crippen molar-refractivity contribution in [1.29, 1.82) is 0 Å². The molecule has 0 bridgehead atoms. The Morgan fingerprint density at radius 2 is 1.85 bits per heavy atom. The number of benzene rings is 2. The largest absolute Gasteiger partial charge is 0.494 e. The van der Waals surface area contributed by atoms with Gasteiger partial charge in [-0.1, -0.05) is 25.5 Å². The molecule has 0 aliphatic heterocycles. The van der Waals surface area contributed by atoms with Crippen molar-refractivity contribution in [3.8, 4) is 11.5 Å². The molecule has 0 aliphatic rings. The predicted molar refractivity (Wildman–Crippen MR) is 113 cm³/mol. The minimum atomic E-state index is -0.289. The first-order valence-electron chi connectivity index (χ1n) is 9.10. The van der Waals surface area contributed by atoms with Crippen molar-refractivity contribution in [1.82, 2.24) is 5.32 Å². The van der Waals surface area contributed by atoms with Gasteiger partial charge in [-0.2, -0.15) is 0 Å². The smallest absolute Gasteiger partial charge is 0.257 e. The fourth-order valence-corrected chi connectivity index (χ4v) is 2.53. The van der Waals surface area contributed by atoms with E-state index in [1.54, 1.807) is 18.2 Å². The number of rotatable bonds is 8. The molecule has 0 fully saturated rings. The molecular weight excluding hydrogens is 360 g/mol. The highest BCUT2D eigenvalue weighted by molar-refractivity contribution is 7.80. The standard InChI is InChI=1S/C21H26N2O3S/c1-4-5-12-25-18-10-6-8-16(13-18)20(24)23-21(27)22-17-9-7-11-19(14-17)26-15(2)3/h6-11,13-15H,4-5,12H2,1-3H3,(H2,22,23,24,27). The average Bonchev–Trinajstić information content (AvgIpc) is 2.62. The number of carbonyl (C=O) groups excluding carboxylic acids is 1. The van der Waals surface area contributed by atoms with E-state index in [-0.39, 0.29) is 17.1 Å². The maximum atomic E-state index is 12.4. The molecule has 0 aromatic heterocycles. The normalized spacial score (nSPS) is 10.4. The first-order valence-corrected chi connectivity index (χ1v) is 9.50. The molecule has 144 valence electrons. The maximum absolute atomic E-state index is 12.4. The zero-order valence-corrected chi connectivity index (χ0v) is 16.8. The Labute approximate surface area is 166 Å². The third kappa shape index (κ3) is 7.27. The van der Waals surface area contributed by atoms with Crippen molar-refractivity contribution in [2.24, 2.45) is 0 Å². The Kier molecular flexibility index (Phi) is 8.07. The average molecular weight is 387 g/mol. The van der Waals surface area contributed by atoms with Gasteiger partial charge in [0.25, 0.3) is 5.91 Å². The molecular formula is C21H26N2O3S. The summed E-state index contributed by atoms with van der Waals surface area (Å²) in [5, 5.41) is 5.91. The topological polar surface area (TPSA) is 59.6 Å². The summed E-state index contributed by atoms with van der Waals surface area (Å²) in [5.41, 5.74) is 1.24. The zero-order valence-electron chi connectivity index (χ0n) is 16.0. The summed E-state index contributed by atoms with van der Waals surface area (Å²) in [6.45, 7) is 6.66. The van der Waals surface area contributed by atoms with E-state index in [1.807, 2.05) is 44.2 Å². The van der Waals surface area contributed by atoms with Crippen LogP contribution < -0.4 is 20.1 Å². The van der Waals surface area contributed by atoms with Crippen LogP contribution in [-0.2, 0) is 0 Å². The molecule has 2 N–H and O–H groups in total. The van der Waals surface area contributed by atoms with Gasteiger partial charge in [0.05, 0.1) is 12.7 Å². The summed E-state index contributed by atoms with van der Waals surface area (Å²) < 4.78 is 11.3. The van der Waals surface area contributed by atoms with Gasteiger partial charge in [-0.15, -0.1) is 0 Å². The highest BCUT2D eigenvalue weighted by atomic mass is 32.1. The van der Waals surface area contributed by atoms with E-state index >= 15 is 0 Å². The van der Waals surface area contributed by atoms with Crippen LogP contribution in [0.3, 0.4) is 0 Å². The van der Waals surface area contributed by atoms with Crippen molar-refractivity contribution in [3.05, 3.63) is 54.1 Å². The summed E-state index contributed by atoms with van der Waals surface area (Å²) in [4.78, 5) is 12.4. The summed E-state index contributed by atoms with van der Waals surface area (Å²) in [7, 11) is 0. The Balaban J connectivity index is 1.93. The van der Waals surface area contributed by atoms with E-state index in [0.717, 1.165) is 24.3 Å². The van der Waals surface area contributed by atoms with Crippen molar-refractivity contribution >= 4 is 28.9 Å². The van der Waals surface area contributed by atoms with E-state index in [1.165, 1.54) is 0 Å². The minimum absolute atomic E-state index is 0.0822. The molecule has 27 heavy (non-hydrogen) atoms. The first-order chi connectivity index (χ1) is 13.0. The number of thiocarbonyl (C=S) groups is 1. The van der Waals surface area contributed by atoms with Crippen LogP contribution >= 0.6 is 12.2 Å². The van der Waals surface area contributed by atoms with Crippen molar-refractivity contribution in [2.75, 3.05) is 11.9 Å². The van der Waals surface area contributed by atoms with Crippen LogP contribution in [0.25, 0.3) is 0 Å². The van der Waals surface area contributed by atoms with Crippen molar-refractivity contribution < 1.29 is 14.3 Å². The van der Waals surface area contributed by atoms with E-state index in [0.29, 0.717) is 17.9 Å². The molecule has 0 radical (unpaired) electrons. The lowest BCUT2D eigenvalue weighted by Gasteiger charge is -2.13. The number of anilines is 1. The lowest BCUT2D eigenvalue weighted by atomic mass is 10.2. The lowest BCUT2D eigenvalue weighted by Crippen LogP contribution is -2.34. The fourth-order valence-electron chi connectivity index (χ4n) is 2.32. The molecule has 2 aromatic carbocycles. The number of unbranched alkanes of at least 4 members (excludes halogenated alkanes) is 1. The van der Waals surface area contributed by atoms with Crippen LogP contribution in [0.5, 0.6) is 11.5 Å². The molecule has 5 nitrogen and oxygen atoms in total. The minimum Gasteiger partial charge on any atom is -0.494 e. The highest BCUT2D eigenvalue weighted by Gasteiger charge is 2.10. The van der Waals surface area contributed by atoms with Crippen LogP contribution in [0.1, 0.15) is 44.0 Å². The molecule has 0 saturated heterocycles. The van der Waals surface area contributed by atoms with Gasteiger partial charge in [-0.3, -0.25) is 10.1 Å². The molecule has 0 atom stereocenters. The SMILES string of the molecule is CCCCOc1cccc(C(=O)NC(=S)Nc2cccc(OC(C)C)c2)c1. The van der Waals surface area contributed by atoms with Gasteiger partial charge in [-0.25, -0.2) is 0 Å². The first kappa shape index (κ1) is 20.7. The summed E-state index contributed by atoms with van der Waals surface area (Å²) >= 11 is 5.25. The Bertz CT molecular complexity index is 778. The summed E-state index contributed by atoms with van der Waals surface area (Å²) in [5.74, 6) is 1.12. The molecule has 0 heterocycles. The van der Waals surface area contributed by atoms with Crippen LogP contribution in [0.15, 0.2) is 48.5 Å². The number of hydrogen-bond acceptors (Lipinski definition) is 4. The number of carbonyl (C=O) groups is 1. The molecule has 1 amide bonds. The van der Waals surface area contributed by atoms with Crippen LogP contribution in [-0.4, -0.2) is 23.7 Å². The number of hydrogen-bond donors (Lipinski definition) is 2. The monoisotopic (exact) mass is 386 g/mol. The van der Waals surface area contributed by atoms with Crippen LogP contribution in [0.2, 0.25) is 0 Å². The quantitative estimate of drug-likeness (QED) is 0.505. The Morgan fingerprint density at radius 1 is 1.11 bits per heavy atom. The number of amides is 1. The predicted octanol–water partition coefficient (Wildman–Crippen LogP) is 4.78. The van der Waals surface area contributed by atoms with Gasteiger partial charge in [-0.05, 0) is 62.8 Å². The molecule has 0 aliphatic carbocycles. The van der Waals surface area contributed by atoms with Gasteiger partial charge >= 0.3 is 0 Å². The second kappa shape index (κ2) is 10.5. The second-order valence-electron chi connectivity index (χ2n) is 6.33. The van der Waals surface area contributed by atoms with E-state index in [9.17, 15) is 4.79 Å². The van der Waals surface area contributed by atoms with E-state index in [2.05, 4.69) is 17.6 Å². The van der Waals surface area contributed by atoms with E-state index < -0.39 is 0 Å². The van der Waals surface area contributed by atoms with Crippen molar-refractivity contribution in [3.63, 3.8) is 0 Å². The van der Waals surface area contributed by atoms with Crippen LogP contribution in [0, 0.1) is 0 Å². The van der Waals surface area contributed by atoms with E-state index in [4.69, 9.17) is 21.7 Å². The zero-order chi connectivity index (χ0) is 19.6. The number of nitrogens with one attached hydrogen (secondary N) is 2.